The van der Waals surface area contributed by atoms with Gasteiger partial charge in [-0.1, -0.05) is 37.3 Å². The molecule has 0 amide bonds. The maximum absolute atomic E-state index is 13.3. The molecule has 0 bridgehead atoms. The third-order valence-electron chi connectivity index (χ3n) is 5.48. The highest BCUT2D eigenvalue weighted by atomic mass is 35.5. The van der Waals surface area contributed by atoms with Crippen LogP contribution in [-0.2, 0) is 12.7 Å². The number of nitrogens with zero attached hydrogens (tertiary/aromatic N) is 2. The molecule has 180 valence electrons. The van der Waals surface area contributed by atoms with Crippen LogP contribution < -0.4 is 5.32 Å². The first-order valence-electron chi connectivity index (χ1n) is 11.0. The molecule has 0 radical (unpaired) electrons. The summed E-state index contributed by atoms with van der Waals surface area (Å²) in [5.74, 6) is 5.42. The van der Waals surface area contributed by atoms with Crippen LogP contribution in [0.2, 0.25) is 5.02 Å². The molecule has 5 rings (SSSR count). The number of hydrogen-bond acceptors (Lipinski definition) is 4. The van der Waals surface area contributed by atoms with E-state index in [-0.39, 0.29) is 10.6 Å². The van der Waals surface area contributed by atoms with Gasteiger partial charge in [-0.15, -0.1) is 0 Å². The zero-order chi connectivity index (χ0) is 25.2. The molecule has 4 aromatic rings. The number of aliphatic hydroxyl groups excluding tert-OH is 1. The van der Waals surface area contributed by atoms with Crippen LogP contribution in [0.5, 0.6) is 0 Å². The van der Waals surface area contributed by atoms with Crippen molar-refractivity contribution < 1.29 is 18.3 Å². The fourth-order valence-corrected chi connectivity index (χ4v) is 3.98. The maximum atomic E-state index is 13.3. The number of aromatic amines is 1. The number of fused-ring (bicyclic) bond motifs is 2. The molecule has 3 N–H and O–H groups in total. The van der Waals surface area contributed by atoms with E-state index in [9.17, 15) is 18.3 Å². The molecule has 0 spiro atoms. The Labute approximate surface area is 205 Å². The molecule has 1 unspecified atom stereocenters. The van der Waals surface area contributed by atoms with Gasteiger partial charge in [0.25, 0.3) is 0 Å². The summed E-state index contributed by atoms with van der Waals surface area (Å²) in [6, 6.07) is 7.05. The first-order valence-corrected chi connectivity index (χ1v) is 11.4. The van der Waals surface area contributed by atoms with E-state index >= 15 is 0 Å². The van der Waals surface area contributed by atoms with Gasteiger partial charge in [0.15, 0.2) is 0 Å². The smallest absolute Gasteiger partial charge is 0.387 e. The second-order valence-corrected chi connectivity index (χ2v) is 8.10. The molecular formula is C26H22ClF3N4O. The topological polar surface area (TPSA) is 73.8 Å². The molecule has 5 nitrogen and oxygen atoms in total. The van der Waals surface area contributed by atoms with E-state index < -0.39 is 17.8 Å². The van der Waals surface area contributed by atoms with Crippen molar-refractivity contribution in [3.63, 3.8) is 0 Å². The Hall–Kier alpha value is -3.38. The van der Waals surface area contributed by atoms with Gasteiger partial charge in [-0.05, 0) is 30.3 Å². The monoisotopic (exact) mass is 498 g/mol. The Balaban J connectivity index is 0.00000141. The Morgan fingerprint density at radius 1 is 1.03 bits per heavy atom. The number of rotatable bonds is 1. The van der Waals surface area contributed by atoms with Gasteiger partial charge in [-0.2, -0.15) is 13.2 Å². The summed E-state index contributed by atoms with van der Waals surface area (Å²) >= 11 is 5.89. The van der Waals surface area contributed by atoms with Gasteiger partial charge in [-0.25, -0.2) is 4.98 Å². The lowest BCUT2D eigenvalue weighted by Crippen LogP contribution is -2.28. The van der Waals surface area contributed by atoms with Crippen molar-refractivity contribution in [2.45, 2.75) is 32.7 Å². The average Bonchev–Trinajstić information content (AvgIpc) is 3.25. The van der Waals surface area contributed by atoms with E-state index in [1.807, 2.05) is 26.0 Å². The second-order valence-electron chi connectivity index (χ2n) is 7.67. The van der Waals surface area contributed by atoms with Crippen molar-refractivity contribution in [2.24, 2.45) is 0 Å². The number of benzene rings is 1. The Morgan fingerprint density at radius 3 is 2.51 bits per heavy atom. The lowest BCUT2D eigenvalue weighted by Gasteiger charge is -2.22. The summed E-state index contributed by atoms with van der Waals surface area (Å²) in [4.78, 5) is 11.8. The second kappa shape index (κ2) is 10.1. The summed E-state index contributed by atoms with van der Waals surface area (Å²) < 4.78 is 40.0. The van der Waals surface area contributed by atoms with Gasteiger partial charge in [0, 0.05) is 64.3 Å². The number of alkyl halides is 3. The number of aromatic nitrogens is 3. The highest BCUT2D eigenvalue weighted by Crippen LogP contribution is 2.33. The van der Waals surface area contributed by atoms with Crippen LogP contribution in [-0.4, -0.2) is 26.6 Å². The summed E-state index contributed by atoms with van der Waals surface area (Å²) in [7, 11) is 0. The number of β-amino-alcohol motifs (C(OH)–C–C–N with tert-alkyl or cyclic N) is 1. The van der Waals surface area contributed by atoms with Gasteiger partial charge in [0.05, 0.1) is 22.9 Å². The lowest BCUT2D eigenvalue weighted by atomic mass is 9.99. The average molecular weight is 499 g/mol. The lowest BCUT2D eigenvalue weighted by molar-refractivity contribution is -0.137. The van der Waals surface area contributed by atoms with Crippen LogP contribution in [0.4, 0.5) is 13.2 Å². The van der Waals surface area contributed by atoms with Gasteiger partial charge in [0.1, 0.15) is 5.65 Å². The molecule has 1 aliphatic heterocycles. The number of hydrogen-bond donors (Lipinski definition) is 3. The zero-order valence-electron chi connectivity index (χ0n) is 19.0. The molecule has 1 atom stereocenters. The molecule has 0 fully saturated rings. The third-order valence-corrected chi connectivity index (χ3v) is 5.71. The Morgan fingerprint density at radius 2 is 1.74 bits per heavy atom. The van der Waals surface area contributed by atoms with Crippen molar-refractivity contribution in [3.05, 3.63) is 81.9 Å². The highest BCUT2D eigenvalue weighted by Gasteiger charge is 2.33. The fourth-order valence-electron chi connectivity index (χ4n) is 3.81. The van der Waals surface area contributed by atoms with E-state index in [0.29, 0.717) is 29.7 Å². The Bertz CT molecular complexity index is 1440. The van der Waals surface area contributed by atoms with Gasteiger partial charge >= 0.3 is 6.18 Å². The molecule has 4 heterocycles. The quantitative estimate of drug-likeness (QED) is 0.287. The van der Waals surface area contributed by atoms with E-state index in [2.05, 4.69) is 32.1 Å². The molecule has 0 aliphatic carbocycles. The standard InChI is InChI=1S/C24H16ClF3N4O.C2H6/c25-17-3-4-20(24(26,27)28)13(5-17)1-2-14-8-31-23-18(14)6-15(10-32-23)16-7-19-21(30-9-16)11-29-12-22(19)33;1-2/h3-10,22,29,33H,11-12H2,(H,31,32);1-2H3. The molecule has 0 saturated carbocycles. The summed E-state index contributed by atoms with van der Waals surface area (Å²) in [5.41, 5.74) is 3.11. The Kier molecular flexibility index (Phi) is 7.13. The summed E-state index contributed by atoms with van der Waals surface area (Å²) in [5, 5.41) is 14.2. The van der Waals surface area contributed by atoms with Crippen LogP contribution in [0.25, 0.3) is 22.2 Å². The molecule has 0 saturated heterocycles. The molecule has 1 aliphatic rings. The number of nitrogens with one attached hydrogen (secondary N) is 2. The van der Waals surface area contributed by atoms with E-state index in [1.165, 1.54) is 12.1 Å². The minimum Gasteiger partial charge on any atom is -0.387 e. The SMILES string of the molecule is CC.OC1CNCc2ncc(-c3cnc4[nH]cc(C#Cc5cc(Cl)ccc5C(F)(F)F)c4c3)cc21. The van der Waals surface area contributed by atoms with E-state index in [4.69, 9.17) is 11.6 Å². The maximum Gasteiger partial charge on any atom is 0.417 e. The van der Waals surface area contributed by atoms with E-state index in [0.717, 1.165) is 28.5 Å². The van der Waals surface area contributed by atoms with Crippen molar-refractivity contribution in [1.29, 1.82) is 0 Å². The van der Waals surface area contributed by atoms with Crippen LogP contribution in [0.3, 0.4) is 0 Å². The first kappa shape index (κ1) is 24.7. The summed E-state index contributed by atoms with van der Waals surface area (Å²) in [6.45, 7) is 5.04. The number of aliphatic hydroxyl groups is 1. The summed E-state index contributed by atoms with van der Waals surface area (Å²) in [6.07, 6.45) is -0.199. The van der Waals surface area contributed by atoms with Gasteiger partial charge in [0.2, 0.25) is 0 Å². The minimum atomic E-state index is -4.54. The first-order chi connectivity index (χ1) is 16.8. The number of H-pyrrole nitrogens is 1. The van der Waals surface area contributed by atoms with E-state index in [1.54, 1.807) is 18.6 Å². The normalized spacial score (nSPS) is 15.0. The molecule has 35 heavy (non-hydrogen) atoms. The molecular weight excluding hydrogens is 477 g/mol. The predicted molar refractivity (Wildman–Crippen MR) is 130 cm³/mol. The highest BCUT2D eigenvalue weighted by molar-refractivity contribution is 6.30. The fraction of sp³-hybridized carbons (Fsp3) is 0.231. The van der Waals surface area contributed by atoms with Crippen molar-refractivity contribution in [3.8, 4) is 23.0 Å². The van der Waals surface area contributed by atoms with Crippen molar-refractivity contribution >= 4 is 22.6 Å². The number of halogens is 4. The van der Waals surface area contributed by atoms with Gasteiger partial charge in [-0.3, -0.25) is 4.98 Å². The van der Waals surface area contributed by atoms with Crippen molar-refractivity contribution in [2.75, 3.05) is 6.54 Å². The predicted octanol–water partition coefficient (Wildman–Crippen LogP) is 5.86. The molecule has 1 aromatic carbocycles. The van der Waals surface area contributed by atoms with Gasteiger partial charge < -0.3 is 15.4 Å². The molecule has 3 aromatic heterocycles. The largest absolute Gasteiger partial charge is 0.417 e. The van der Waals surface area contributed by atoms with Crippen molar-refractivity contribution in [1.82, 2.24) is 20.3 Å². The minimum absolute atomic E-state index is 0.174. The third kappa shape index (κ3) is 5.17. The van der Waals surface area contributed by atoms with Crippen LogP contribution >= 0.6 is 11.6 Å². The van der Waals surface area contributed by atoms with Crippen LogP contribution in [0, 0.1) is 11.8 Å². The van der Waals surface area contributed by atoms with Crippen LogP contribution in [0.15, 0.2) is 48.9 Å². The zero-order valence-corrected chi connectivity index (χ0v) is 19.7. The van der Waals surface area contributed by atoms with Crippen LogP contribution in [0.1, 0.15) is 47.9 Å². The molecule has 9 heteroatoms. The number of pyridine rings is 2.